The van der Waals surface area contributed by atoms with Crippen LogP contribution in [0.1, 0.15) is 15.9 Å². The third-order valence-corrected chi connectivity index (χ3v) is 3.87. The molecule has 0 spiro atoms. The Morgan fingerprint density at radius 1 is 0.875 bits per heavy atom. The maximum atomic E-state index is 12.2. The summed E-state index contributed by atoms with van der Waals surface area (Å²) in [6.45, 7) is 0.384. The smallest absolute Gasteiger partial charge is 0.255 e. The number of benzene rings is 3. The lowest BCUT2D eigenvalue weighted by molar-refractivity contribution is 0.102. The molecule has 0 bridgehead atoms. The number of rotatable bonds is 5. The van der Waals surface area contributed by atoms with Gasteiger partial charge in [-0.2, -0.15) is 0 Å². The Balaban J connectivity index is 1.61. The van der Waals surface area contributed by atoms with Crippen molar-refractivity contribution in [3.05, 3.63) is 95.0 Å². The monoisotopic (exact) mass is 337 g/mol. The van der Waals surface area contributed by atoms with Crippen LogP contribution in [0, 0.1) is 0 Å². The van der Waals surface area contributed by atoms with Crippen LogP contribution in [-0.4, -0.2) is 5.91 Å². The van der Waals surface area contributed by atoms with E-state index in [1.54, 1.807) is 24.3 Å². The third-order valence-electron chi connectivity index (χ3n) is 3.50. The zero-order chi connectivity index (χ0) is 16.8. The fourth-order valence-electron chi connectivity index (χ4n) is 2.20. The summed E-state index contributed by atoms with van der Waals surface area (Å²) in [5.74, 6) is 0.532. The number of para-hydroxylation sites is 1. The number of amides is 1. The van der Waals surface area contributed by atoms with Crippen molar-refractivity contribution < 1.29 is 9.53 Å². The van der Waals surface area contributed by atoms with Crippen LogP contribution >= 0.6 is 11.6 Å². The van der Waals surface area contributed by atoms with Crippen molar-refractivity contribution in [1.29, 1.82) is 0 Å². The molecule has 1 amide bonds. The first-order chi connectivity index (χ1) is 11.7. The molecule has 0 fully saturated rings. The number of carbonyl (C=O) groups excluding carboxylic acids is 1. The lowest BCUT2D eigenvalue weighted by atomic mass is 10.2. The summed E-state index contributed by atoms with van der Waals surface area (Å²) in [6, 6.07) is 23.9. The van der Waals surface area contributed by atoms with Crippen LogP contribution in [0.4, 0.5) is 5.69 Å². The van der Waals surface area contributed by atoms with Gasteiger partial charge in [-0.3, -0.25) is 4.79 Å². The second kappa shape index (κ2) is 7.66. The van der Waals surface area contributed by atoms with Crippen LogP contribution in [0.2, 0.25) is 5.02 Å². The Kier molecular flexibility index (Phi) is 5.14. The standard InChI is InChI=1S/C20H16ClNO2/c21-19-9-5-4-6-16(19)14-24-18-12-10-15(11-13-18)20(23)22-17-7-2-1-3-8-17/h1-13H,14H2,(H,22,23). The summed E-state index contributed by atoms with van der Waals surface area (Å²) >= 11 is 6.10. The molecule has 3 aromatic rings. The zero-order valence-electron chi connectivity index (χ0n) is 12.9. The Morgan fingerprint density at radius 3 is 2.25 bits per heavy atom. The molecule has 1 N–H and O–H groups in total. The van der Waals surface area contributed by atoms with Crippen molar-refractivity contribution in [1.82, 2.24) is 0 Å². The minimum Gasteiger partial charge on any atom is -0.489 e. The Morgan fingerprint density at radius 2 is 1.54 bits per heavy atom. The Labute approximate surface area is 145 Å². The lowest BCUT2D eigenvalue weighted by Crippen LogP contribution is -2.11. The molecule has 0 atom stereocenters. The maximum absolute atomic E-state index is 12.2. The van der Waals surface area contributed by atoms with Crippen LogP contribution < -0.4 is 10.1 Å². The van der Waals surface area contributed by atoms with E-state index < -0.39 is 0 Å². The van der Waals surface area contributed by atoms with Gasteiger partial charge in [0.05, 0.1) is 0 Å². The minimum atomic E-state index is -0.154. The predicted octanol–water partition coefficient (Wildman–Crippen LogP) is 5.17. The molecule has 0 saturated carbocycles. The normalized spacial score (nSPS) is 10.2. The van der Waals surface area contributed by atoms with E-state index >= 15 is 0 Å². The van der Waals surface area contributed by atoms with Gasteiger partial charge >= 0.3 is 0 Å². The first-order valence-corrected chi connectivity index (χ1v) is 7.93. The number of anilines is 1. The van der Waals surface area contributed by atoms with Crippen molar-refractivity contribution in [3.63, 3.8) is 0 Å². The van der Waals surface area contributed by atoms with Crippen molar-refractivity contribution in [2.75, 3.05) is 5.32 Å². The quantitative estimate of drug-likeness (QED) is 0.697. The Bertz CT molecular complexity index is 817. The van der Waals surface area contributed by atoms with Gasteiger partial charge in [0.2, 0.25) is 0 Å². The van der Waals surface area contributed by atoms with Crippen molar-refractivity contribution >= 4 is 23.2 Å². The molecular weight excluding hydrogens is 322 g/mol. The van der Waals surface area contributed by atoms with Crippen LogP contribution in [0.25, 0.3) is 0 Å². The number of halogens is 1. The van der Waals surface area contributed by atoms with Gasteiger partial charge in [0.25, 0.3) is 5.91 Å². The van der Waals surface area contributed by atoms with Gasteiger partial charge in [0.15, 0.2) is 0 Å². The largest absolute Gasteiger partial charge is 0.489 e. The maximum Gasteiger partial charge on any atom is 0.255 e. The average molecular weight is 338 g/mol. The second-order valence-corrected chi connectivity index (χ2v) is 5.63. The molecule has 3 aromatic carbocycles. The number of carbonyl (C=O) groups is 1. The molecule has 0 aliphatic carbocycles. The topological polar surface area (TPSA) is 38.3 Å². The van der Waals surface area contributed by atoms with Gasteiger partial charge in [-0.1, -0.05) is 48.0 Å². The predicted molar refractivity (Wildman–Crippen MR) is 96.6 cm³/mol. The molecule has 4 heteroatoms. The van der Waals surface area contributed by atoms with Gasteiger partial charge in [-0.05, 0) is 42.5 Å². The van der Waals surface area contributed by atoms with E-state index in [1.165, 1.54) is 0 Å². The summed E-state index contributed by atoms with van der Waals surface area (Å²) in [6.07, 6.45) is 0. The van der Waals surface area contributed by atoms with E-state index in [9.17, 15) is 4.79 Å². The highest BCUT2D eigenvalue weighted by Crippen LogP contribution is 2.19. The summed E-state index contributed by atoms with van der Waals surface area (Å²) in [5.41, 5.74) is 2.26. The molecule has 0 heterocycles. The Hall–Kier alpha value is -2.78. The third kappa shape index (κ3) is 4.15. The van der Waals surface area contributed by atoms with Crippen molar-refractivity contribution in [2.24, 2.45) is 0 Å². The fourth-order valence-corrected chi connectivity index (χ4v) is 2.39. The molecule has 24 heavy (non-hydrogen) atoms. The summed E-state index contributed by atoms with van der Waals surface area (Å²) < 4.78 is 5.71. The van der Waals surface area contributed by atoms with E-state index in [1.807, 2.05) is 54.6 Å². The highest BCUT2D eigenvalue weighted by Gasteiger charge is 2.06. The van der Waals surface area contributed by atoms with E-state index in [-0.39, 0.29) is 5.91 Å². The number of hydrogen-bond donors (Lipinski definition) is 1. The van der Waals surface area contributed by atoms with Gasteiger partial charge in [-0.25, -0.2) is 0 Å². The van der Waals surface area contributed by atoms with E-state index in [4.69, 9.17) is 16.3 Å². The second-order valence-electron chi connectivity index (χ2n) is 5.22. The van der Waals surface area contributed by atoms with Gasteiger partial charge in [-0.15, -0.1) is 0 Å². The molecule has 0 unspecified atom stereocenters. The summed E-state index contributed by atoms with van der Waals surface area (Å²) in [4.78, 5) is 12.2. The minimum absolute atomic E-state index is 0.154. The van der Waals surface area contributed by atoms with E-state index in [0.29, 0.717) is 22.9 Å². The highest BCUT2D eigenvalue weighted by atomic mass is 35.5. The summed E-state index contributed by atoms with van der Waals surface area (Å²) in [5, 5.41) is 3.52. The van der Waals surface area contributed by atoms with Gasteiger partial charge < -0.3 is 10.1 Å². The molecule has 0 radical (unpaired) electrons. The van der Waals surface area contributed by atoms with E-state index in [0.717, 1.165) is 11.3 Å². The summed E-state index contributed by atoms with van der Waals surface area (Å²) in [7, 11) is 0. The van der Waals surface area contributed by atoms with E-state index in [2.05, 4.69) is 5.32 Å². The molecule has 3 rings (SSSR count). The number of ether oxygens (including phenoxy) is 1. The molecule has 0 aliphatic heterocycles. The average Bonchev–Trinajstić information content (AvgIpc) is 2.62. The van der Waals surface area contributed by atoms with Crippen LogP contribution in [0.5, 0.6) is 5.75 Å². The molecule has 0 aromatic heterocycles. The van der Waals surface area contributed by atoms with Gasteiger partial charge in [0.1, 0.15) is 12.4 Å². The zero-order valence-corrected chi connectivity index (χ0v) is 13.7. The van der Waals surface area contributed by atoms with Crippen LogP contribution in [0.3, 0.4) is 0 Å². The lowest BCUT2D eigenvalue weighted by Gasteiger charge is -2.09. The molecule has 3 nitrogen and oxygen atoms in total. The number of hydrogen-bond acceptors (Lipinski definition) is 2. The molecular formula is C20H16ClNO2. The van der Waals surface area contributed by atoms with Crippen molar-refractivity contribution in [3.8, 4) is 5.75 Å². The van der Waals surface area contributed by atoms with Crippen LogP contribution in [-0.2, 0) is 6.61 Å². The molecule has 0 aliphatic rings. The molecule has 120 valence electrons. The van der Waals surface area contributed by atoms with Crippen molar-refractivity contribution in [2.45, 2.75) is 6.61 Å². The first kappa shape index (κ1) is 16.1. The van der Waals surface area contributed by atoms with Crippen LogP contribution in [0.15, 0.2) is 78.9 Å². The first-order valence-electron chi connectivity index (χ1n) is 7.55. The fraction of sp³-hybridized carbons (Fsp3) is 0.0500. The highest BCUT2D eigenvalue weighted by molar-refractivity contribution is 6.31. The molecule has 0 saturated heterocycles. The SMILES string of the molecule is O=C(Nc1ccccc1)c1ccc(OCc2ccccc2Cl)cc1. The van der Waals surface area contributed by atoms with Gasteiger partial charge in [0, 0.05) is 21.8 Å². The number of nitrogens with one attached hydrogen (secondary N) is 1.